The molecule has 102 valence electrons. The van der Waals surface area contributed by atoms with Crippen molar-refractivity contribution in [1.82, 2.24) is 4.90 Å². The van der Waals surface area contributed by atoms with E-state index in [4.69, 9.17) is 4.74 Å². The summed E-state index contributed by atoms with van der Waals surface area (Å²) < 4.78 is 5.36. The van der Waals surface area contributed by atoms with E-state index in [1.54, 1.807) is 4.90 Å². The van der Waals surface area contributed by atoms with E-state index in [1.807, 2.05) is 32.5 Å². The maximum Gasteiger partial charge on any atom is 0.410 e. The Morgan fingerprint density at radius 3 is 2.78 bits per heavy atom. The third kappa shape index (κ3) is 2.82. The number of ether oxygens (including phenoxy) is 1. The van der Waals surface area contributed by atoms with E-state index < -0.39 is 5.60 Å². The van der Waals surface area contributed by atoms with Crippen molar-refractivity contribution >= 4 is 23.6 Å². The molecule has 2 aliphatic rings. The average Bonchev–Trinajstić information content (AvgIpc) is 2.66. The van der Waals surface area contributed by atoms with Crippen LogP contribution in [0, 0.1) is 5.41 Å². The Hall–Kier alpha value is -0.710. The van der Waals surface area contributed by atoms with Gasteiger partial charge in [-0.05, 0) is 27.2 Å². The molecule has 2 heterocycles. The number of ketones is 1. The maximum atomic E-state index is 12.1. The van der Waals surface area contributed by atoms with Crippen molar-refractivity contribution in [2.75, 3.05) is 24.6 Å². The fourth-order valence-electron chi connectivity index (χ4n) is 2.48. The first-order valence-corrected chi connectivity index (χ1v) is 7.57. The van der Waals surface area contributed by atoms with Crippen LogP contribution in [-0.2, 0) is 9.53 Å². The monoisotopic (exact) mass is 271 g/mol. The predicted octanol–water partition coefficient (Wildman–Crippen LogP) is 2.32. The third-order valence-electron chi connectivity index (χ3n) is 3.45. The zero-order chi connectivity index (χ0) is 13.4. The number of hydrogen-bond donors (Lipinski definition) is 0. The molecule has 0 N–H and O–H groups in total. The van der Waals surface area contributed by atoms with E-state index >= 15 is 0 Å². The Morgan fingerprint density at radius 1 is 1.44 bits per heavy atom. The lowest BCUT2D eigenvalue weighted by molar-refractivity contribution is -0.126. The summed E-state index contributed by atoms with van der Waals surface area (Å²) in [6.07, 6.45) is 1.15. The second-order valence-electron chi connectivity index (χ2n) is 6.16. The average molecular weight is 271 g/mol. The molecule has 0 aromatic carbocycles. The lowest BCUT2D eigenvalue weighted by Crippen LogP contribution is -2.42. The first-order valence-electron chi connectivity index (χ1n) is 6.41. The van der Waals surface area contributed by atoms with E-state index in [1.165, 1.54) is 0 Å². The van der Waals surface area contributed by atoms with Gasteiger partial charge in [-0.15, -0.1) is 0 Å². The number of Topliss-reactive ketones (excluding diaryl/α,β-unsaturated/α-hetero) is 1. The van der Waals surface area contributed by atoms with Crippen LogP contribution >= 0.6 is 11.8 Å². The first kappa shape index (κ1) is 13.7. The molecule has 5 heteroatoms. The van der Waals surface area contributed by atoms with Crippen molar-refractivity contribution in [3.63, 3.8) is 0 Å². The molecule has 1 atom stereocenters. The lowest BCUT2D eigenvalue weighted by Gasteiger charge is -2.31. The van der Waals surface area contributed by atoms with Crippen molar-refractivity contribution in [2.24, 2.45) is 5.41 Å². The molecule has 0 radical (unpaired) electrons. The summed E-state index contributed by atoms with van der Waals surface area (Å²) in [5, 5.41) is 0. The van der Waals surface area contributed by atoms with Gasteiger partial charge in [0.15, 0.2) is 0 Å². The highest BCUT2D eigenvalue weighted by molar-refractivity contribution is 7.99. The number of carbonyl (C=O) groups excluding carboxylic acids is 2. The van der Waals surface area contributed by atoms with Gasteiger partial charge in [-0.3, -0.25) is 4.79 Å². The van der Waals surface area contributed by atoms with Crippen molar-refractivity contribution < 1.29 is 14.3 Å². The van der Waals surface area contributed by atoms with E-state index in [-0.39, 0.29) is 11.5 Å². The first-order chi connectivity index (χ1) is 8.32. The van der Waals surface area contributed by atoms with Gasteiger partial charge in [0.25, 0.3) is 0 Å². The summed E-state index contributed by atoms with van der Waals surface area (Å²) in [6.45, 7) is 6.75. The van der Waals surface area contributed by atoms with Gasteiger partial charge in [0.1, 0.15) is 11.4 Å². The second-order valence-corrected chi connectivity index (χ2v) is 7.26. The van der Waals surface area contributed by atoms with E-state index in [9.17, 15) is 9.59 Å². The topological polar surface area (TPSA) is 46.6 Å². The molecule has 1 amide bonds. The zero-order valence-corrected chi connectivity index (χ0v) is 12.1. The van der Waals surface area contributed by atoms with E-state index in [0.717, 1.165) is 17.9 Å². The van der Waals surface area contributed by atoms with Gasteiger partial charge >= 0.3 is 6.09 Å². The van der Waals surface area contributed by atoms with Crippen LogP contribution in [0.1, 0.15) is 33.6 Å². The predicted molar refractivity (Wildman–Crippen MR) is 71.8 cm³/mol. The van der Waals surface area contributed by atoms with Crippen molar-refractivity contribution in [3.05, 3.63) is 0 Å². The number of amides is 1. The normalized spacial score (nSPS) is 28.8. The standard InChI is InChI=1S/C13H21NO3S/c1-12(2,3)17-11(16)14-6-5-13(8-14)9-18-7-4-10(13)15/h4-9H2,1-3H3. The lowest BCUT2D eigenvalue weighted by atomic mass is 9.83. The molecule has 0 bridgehead atoms. The fourth-order valence-corrected chi connectivity index (χ4v) is 3.74. The van der Waals surface area contributed by atoms with E-state index in [0.29, 0.717) is 25.3 Å². The molecule has 4 nitrogen and oxygen atoms in total. The molecule has 0 aliphatic carbocycles. The highest BCUT2D eigenvalue weighted by Crippen LogP contribution is 2.39. The molecule has 2 fully saturated rings. The van der Waals surface area contributed by atoms with Crippen molar-refractivity contribution in [3.8, 4) is 0 Å². The van der Waals surface area contributed by atoms with Crippen LogP contribution in [0.3, 0.4) is 0 Å². The highest BCUT2D eigenvalue weighted by atomic mass is 32.2. The molecule has 0 aromatic heterocycles. The Bertz CT molecular complexity index is 364. The largest absolute Gasteiger partial charge is 0.444 e. The molecule has 2 rings (SSSR count). The minimum absolute atomic E-state index is 0.289. The van der Waals surface area contributed by atoms with Crippen molar-refractivity contribution in [1.29, 1.82) is 0 Å². The van der Waals surface area contributed by atoms with Gasteiger partial charge in [0.2, 0.25) is 0 Å². The number of nitrogens with zero attached hydrogens (tertiary/aromatic N) is 1. The van der Waals surface area contributed by atoms with Gasteiger partial charge in [0, 0.05) is 31.0 Å². The van der Waals surface area contributed by atoms with Crippen LogP contribution in [-0.4, -0.2) is 47.0 Å². The van der Waals surface area contributed by atoms with Gasteiger partial charge in [-0.25, -0.2) is 4.79 Å². The summed E-state index contributed by atoms with van der Waals surface area (Å²) in [5.74, 6) is 2.10. The fraction of sp³-hybridized carbons (Fsp3) is 0.846. The van der Waals surface area contributed by atoms with E-state index in [2.05, 4.69) is 0 Å². The summed E-state index contributed by atoms with van der Waals surface area (Å²) in [4.78, 5) is 25.7. The number of carbonyl (C=O) groups is 2. The van der Waals surface area contributed by atoms with Crippen molar-refractivity contribution in [2.45, 2.75) is 39.2 Å². The number of rotatable bonds is 0. The SMILES string of the molecule is CC(C)(C)OC(=O)N1CCC2(CSCCC2=O)C1. The van der Waals surface area contributed by atoms with Gasteiger partial charge in [-0.1, -0.05) is 0 Å². The molecular weight excluding hydrogens is 250 g/mol. The highest BCUT2D eigenvalue weighted by Gasteiger charge is 2.47. The third-order valence-corrected chi connectivity index (χ3v) is 4.70. The summed E-state index contributed by atoms with van der Waals surface area (Å²) in [7, 11) is 0. The smallest absolute Gasteiger partial charge is 0.410 e. The summed E-state index contributed by atoms with van der Waals surface area (Å²) >= 11 is 1.82. The zero-order valence-electron chi connectivity index (χ0n) is 11.3. The van der Waals surface area contributed by atoms with Crippen LogP contribution in [0.2, 0.25) is 0 Å². The van der Waals surface area contributed by atoms with Crippen LogP contribution in [0.4, 0.5) is 4.79 Å². The Morgan fingerprint density at radius 2 is 2.17 bits per heavy atom. The van der Waals surface area contributed by atoms with Gasteiger partial charge in [0.05, 0.1) is 5.41 Å². The van der Waals surface area contributed by atoms with Gasteiger partial charge < -0.3 is 9.64 Å². The molecule has 18 heavy (non-hydrogen) atoms. The second kappa shape index (κ2) is 4.76. The molecule has 1 unspecified atom stereocenters. The van der Waals surface area contributed by atoms with Crippen LogP contribution < -0.4 is 0 Å². The van der Waals surface area contributed by atoms with Gasteiger partial charge in [-0.2, -0.15) is 11.8 Å². The Balaban J connectivity index is 1.99. The summed E-state index contributed by atoms with van der Waals surface area (Å²) in [6, 6.07) is 0. The molecule has 0 aromatic rings. The number of likely N-dealkylation sites (tertiary alicyclic amines) is 1. The Kier molecular flexibility index (Phi) is 3.63. The number of thioether (sulfide) groups is 1. The minimum atomic E-state index is -0.474. The minimum Gasteiger partial charge on any atom is -0.444 e. The Labute approximate surface area is 112 Å². The molecular formula is C13H21NO3S. The quantitative estimate of drug-likeness (QED) is 0.678. The molecule has 2 saturated heterocycles. The number of hydrogen-bond acceptors (Lipinski definition) is 4. The van der Waals surface area contributed by atoms with Crippen LogP contribution in [0.25, 0.3) is 0 Å². The molecule has 0 saturated carbocycles. The van der Waals surface area contributed by atoms with Crippen LogP contribution in [0.15, 0.2) is 0 Å². The summed E-state index contributed by atoms with van der Waals surface area (Å²) in [5.41, 5.74) is -0.766. The molecule has 1 spiro atoms. The maximum absolute atomic E-state index is 12.1. The molecule has 2 aliphatic heterocycles. The van der Waals surface area contributed by atoms with Crippen LogP contribution in [0.5, 0.6) is 0 Å².